The molecule has 2 bridgehead atoms. The van der Waals surface area contributed by atoms with Gasteiger partial charge in [-0.15, -0.1) is 0 Å². The predicted molar refractivity (Wildman–Crippen MR) is 65.5 cm³/mol. The van der Waals surface area contributed by atoms with Crippen molar-refractivity contribution in [1.29, 1.82) is 0 Å². The van der Waals surface area contributed by atoms with Crippen molar-refractivity contribution >= 4 is 0 Å². The van der Waals surface area contributed by atoms with Gasteiger partial charge in [0.2, 0.25) is 0 Å². The molecule has 17 heavy (non-hydrogen) atoms. The lowest BCUT2D eigenvalue weighted by Gasteiger charge is -2.34. The number of aryl methyl sites for hydroxylation is 2. The van der Waals surface area contributed by atoms with E-state index >= 15 is 0 Å². The second kappa shape index (κ2) is 4.10. The number of fused-ring (bicyclic) bond motifs is 2. The average Bonchev–Trinajstić information content (AvgIpc) is 3.02. The highest BCUT2D eigenvalue weighted by Crippen LogP contribution is 2.49. The molecular weight excluding hydrogens is 214 g/mol. The second-order valence-electron chi connectivity index (χ2n) is 5.54. The summed E-state index contributed by atoms with van der Waals surface area (Å²) in [7, 11) is 2.00. The molecule has 2 aliphatic heterocycles. The van der Waals surface area contributed by atoms with E-state index in [0.29, 0.717) is 12.2 Å². The normalized spacial score (nSPS) is 35.6. The lowest BCUT2D eigenvalue weighted by atomic mass is 9.71. The van der Waals surface area contributed by atoms with Gasteiger partial charge in [0.05, 0.1) is 12.2 Å². The summed E-state index contributed by atoms with van der Waals surface area (Å²) in [6.45, 7) is 0.756. The van der Waals surface area contributed by atoms with Crippen LogP contribution < -0.4 is 5.73 Å². The number of nitrogens with zero attached hydrogens (tertiary/aromatic N) is 2. The predicted octanol–water partition coefficient (Wildman–Crippen LogP) is 1.25. The lowest BCUT2D eigenvalue weighted by molar-refractivity contribution is 0.0598. The van der Waals surface area contributed by atoms with Crippen molar-refractivity contribution < 1.29 is 4.74 Å². The molecule has 0 saturated carbocycles. The van der Waals surface area contributed by atoms with E-state index in [1.165, 1.54) is 18.5 Å². The van der Waals surface area contributed by atoms with Crippen molar-refractivity contribution in [3.05, 3.63) is 18.0 Å². The van der Waals surface area contributed by atoms with Crippen molar-refractivity contribution in [2.75, 3.05) is 6.54 Å². The third-order valence-electron chi connectivity index (χ3n) is 4.63. The van der Waals surface area contributed by atoms with Gasteiger partial charge in [0, 0.05) is 30.9 Å². The summed E-state index contributed by atoms with van der Waals surface area (Å²) in [5.74, 6) is 0. The fraction of sp³-hybridized carbons (Fsp3) is 0.769. The van der Waals surface area contributed by atoms with Gasteiger partial charge in [-0.05, 0) is 38.2 Å². The summed E-state index contributed by atoms with van der Waals surface area (Å²) >= 11 is 0. The molecular formula is C13H21N3O. The highest BCUT2D eigenvalue weighted by molar-refractivity contribution is 5.06. The first-order valence-corrected chi connectivity index (χ1v) is 6.56. The van der Waals surface area contributed by atoms with E-state index in [-0.39, 0.29) is 5.41 Å². The number of nitrogens with two attached hydrogens (primary N) is 1. The highest BCUT2D eigenvalue weighted by atomic mass is 16.5. The van der Waals surface area contributed by atoms with Crippen molar-refractivity contribution in [3.8, 4) is 0 Å². The molecule has 0 aliphatic carbocycles. The molecule has 0 radical (unpaired) electrons. The van der Waals surface area contributed by atoms with E-state index in [0.717, 1.165) is 25.8 Å². The maximum Gasteiger partial charge on any atom is 0.0649 e. The molecule has 2 saturated heterocycles. The van der Waals surface area contributed by atoms with Crippen LogP contribution in [0.3, 0.4) is 0 Å². The van der Waals surface area contributed by atoms with E-state index in [2.05, 4.69) is 11.2 Å². The van der Waals surface area contributed by atoms with Gasteiger partial charge in [0.25, 0.3) is 0 Å². The number of hydrogen-bond donors (Lipinski definition) is 1. The van der Waals surface area contributed by atoms with Crippen LogP contribution in [-0.2, 0) is 18.2 Å². The van der Waals surface area contributed by atoms with Gasteiger partial charge in [-0.2, -0.15) is 5.10 Å². The summed E-state index contributed by atoms with van der Waals surface area (Å²) in [5.41, 5.74) is 7.55. The lowest BCUT2D eigenvalue weighted by Crippen LogP contribution is -2.40. The molecule has 2 aliphatic rings. The number of hydrogen-bond acceptors (Lipinski definition) is 3. The zero-order valence-corrected chi connectivity index (χ0v) is 10.4. The molecule has 0 spiro atoms. The molecule has 4 nitrogen and oxygen atoms in total. The molecule has 1 aromatic heterocycles. The molecule has 0 amide bonds. The summed E-state index contributed by atoms with van der Waals surface area (Å²) in [6, 6.07) is 2.10. The third kappa shape index (κ3) is 1.79. The first-order valence-electron chi connectivity index (χ1n) is 6.56. The SMILES string of the molecule is Cn1nccc1CCC1(CN)CC2CCC1O2. The van der Waals surface area contributed by atoms with Gasteiger partial charge in [-0.25, -0.2) is 0 Å². The van der Waals surface area contributed by atoms with Crippen LogP contribution in [0.15, 0.2) is 12.3 Å². The fourth-order valence-corrected chi connectivity index (χ4v) is 3.49. The Morgan fingerprint density at radius 2 is 2.47 bits per heavy atom. The number of rotatable bonds is 4. The summed E-state index contributed by atoms with van der Waals surface area (Å²) in [6.07, 6.45) is 8.53. The van der Waals surface area contributed by atoms with Gasteiger partial charge in [-0.1, -0.05) is 0 Å². The smallest absolute Gasteiger partial charge is 0.0649 e. The van der Waals surface area contributed by atoms with E-state index in [9.17, 15) is 0 Å². The minimum atomic E-state index is 0.229. The number of aromatic nitrogens is 2. The summed E-state index contributed by atoms with van der Waals surface area (Å²) in [5, 5.41) is 4.21. The average molecular weight is 235 g/mol. The quantitative estimate of drug-likeness (QED) is 0.854. The fourth-order valence-electron chi connectivity index (χ4n) is 3.49. The molecule has 3 atom stereocenters. The Morgan fingerprint density at radius 1 is 1.59 bits per heavy atom. The Bertz CT molecular complexity index is 403. The Hall–Kier alpha value is -0.870. The molecule has 3 rings (SSSR count). The zero-order chi connectivity index (χ0) is 11.9. The summed E-state index contributed by atoms with van der Waals surface area (Å²) in [4.78, 5) is 0. The van der Waals surface area contributed by atoms with E-state index in [4.69, 9.17) is 10.5 Å². The Morgan fingerprint density at radius 3 is 3.00 bits per heavy atom. The summed E-state index contributed by atoms with van der Waals surface area (Å²) < 4.78 is 7.93. The first kappa shape index (κ1) is 11.2. The largest absolute Gasteiger partial charge is 0.374 e. The second-order valence-corrected chi connectivity index (χ2v) is 5.54. The van der Waals surface area contributed by atoms with Crippen LogP contribution in [-0.4, -0.2) is 28.5 Å². The molecule has 2 fully saturated rings. The van der Waals surface area contributed by atoms with Crippen molar-refractivity contribution in [2.45, 2.75) is 44.3 Å². The van der Waals surface area contributed by atoms with Crippen molar-refractivity contribution in [3.63, 3.8) is 0 Å². The van der Waals surface area contributed by atoms with Gasteiger partial charge in [0.1, 0.15) is 0 Å². The monoisotopic (exact) mass is 235 g/mol. The topological polar surface area (TPSA) is 53.1 Å². The Labute approximate surface area is 102 Å². The molecule has 94 valence electrons. The van der Waals surface area contributed by atoms with Crippen LogP contribution in [0.4, 0.5) is 0 Å². The molecule has 2 N–H and O–H groups in total. The van der Waals surface area contributed by atoms with Gasteiger partial charge in [-0.3, -0.25) is 4.68 Å². The molecule has 4 heteroatoms. The number of ether oxygens (including phenoxy) is 1. The first-order chi connectivity index (χ1) is 8.23. The highest BCUT2D eigenvalue weighted by Gasteiger charge is 2.50. The third-order valence-corrected chi connectivity index (χ3v) is 4.63. The maximum atomic E-state index is 6.03. The van der Waals surface area contributed by atoms with E-state index < -0.39 is 0 Å². The zero-order valence-electron chi connectivity index (χ0n) is 10.4. The Balaban J connectivity index is 1.69. The van der Waals surface area contributed by atoms with Gasteiger partial charge < -0.3 is 10.5 Å². The van der Waals surface area contributed by atoms with Crippen LogP contribution in [0.5, 0.6) is 0 Å². The standard InChI is InChI=1S/C13H21N3O/c1-16-10(5-7-15-16)4-6-13(9-14)8-11-2-3-12(13)17-11/h5,7,11-12H,2-4,6,8-9,14H2,1H3. The van der Waals surface area contributed by atoms with Gasteiger partial charge in [0.15, 0.2) is 0 Å². The molecule has 1 aromatic rings. The van der Waals surface area contributed by atoms with E-state index in [1.807, 2.05) is 17.9 Å². The van der Waals surface area contributed by atoms with Crippen molar-refractivity contribution in [1.82, 2.24) is 9.78 Å². The molecule has 3 heterocycles. The minimum Gasteiger partial charge on any atom is -0.374 e. The van der Waals surface area contributed by atoms with Crippen molar-refractivity contribution in [2.24, 2.45) is 18.2 Å². The molecule has 0 aromatic carbocycles. The van der Waals surface area contributed by atoms with E-state index in [1.54, 1.807) is 0 Å². The molecule has 3 unspecified atom stereocenters. The minimum absolute atomic E-state index is 0.229. The van der Waals surface area contributed by atoms with Crippen LogP contribution in [0.25, 0.3) is 0 Å². The van der Waals surface area contributed by atoms with Crippen LogP contribution in [0.1, 0.15) is 31.4 Å². The Kier molecular flexibility index (Phi) is 2.71. The van der Waals surface area contributed by atoms with Crippen LogP contribution in [0, 0.1) is 5.41 Å². The maximum absolute atomic E-state index is 6.03. The van der Waals surface area contributed by atoms with Crippen LogP contribution in [0.2, 0.25) is 0 Å². The van der Waals surface area contributed by atoms with Crippen LogP contribution >= 0.6 is 0 Å². The van der Waals surface area contributed by atoms with Gasteiger partial charge >= 0.3 is 0 Å².